The van der Waals surface area contributed by atoms with E-state index < -0.39 is 21.7 Å². The fourth-order valence-electron chi connectivity index (χ4n) is 4.01. The van der Waals surface area contributed by atoms with Crippen molar-refractivity contribution in [3.05, 3.63) is 79.0 Å². The number of benzene rings is 2. The summed E-state index contributed by atoms with van der Waals surface area (Å²) in [6.45, 7) is 1.09. The van der Waals surface area contributed by atoms with Crippen LogP contribution in [0.2, 0.25) is 0 Å². The predicted octanol–water partition coefficient (Wildman–Crippen LogP) is 3.94. The van der Waals surface area contributed by atoms with Gasteiger partial charge in [-0.25, -0.2) is 37.1 Å². The van der Waals surface area contributed by atoms with E-state index in [2.05, 4.69) is 30.7 Å². The van der Waals surface area contributed by atoms with Gasteiger partial charge in [-0.3, -0.25) is 0 Å². The van der Waals surface area contributed by atoms with Gasteiger partial charge in [0, 0.05) is 17.9 Å². The molecule has 42 heavy (non-hydrogen) atoms. The Hall–Kier alpha value is -5.15. The molecular formula is C27H22FN7O6S. The first kappa shape index (κ1) is 27.0. The molecule has 1 fully saturated rings. The van der Waals surface area contributed by atoms with Crippen LogP contribution in [-0.2, 0) is 14.6 Å². The summed E-state index contributed by atoms with van der Waals surface area (Å²) < 4.78 is 55.9. The summed E-state index contributed by atoms with van der Waals surface area (Å²) in [5, 5.41) is 9.33. The van der Waals surface area contributed by atoms with Crippen LogP contribution in [0.3, 0.4) is 0 Å². The number of ether oxygens (including phenoxy) is 3. The van der Waals surface area contributed by atoms with Gasteiger partial charge >= 0.3 is 12.0 Å². The summed E-state index contributed by atoms with van der Waals surface area (Å²) in [5.41, 5.74) is 2.27. The lowest BCUT2D eigenvalue weighted by Crippen LogP contribution is -2.38. The van der Waals surface area contributed by atoms with Gasteiger partial charge in [0.25, 0.3) is 0 Å². The van der Waals surface area contributed by atoms with Crippen LogP contribution in [0.25, 0.3) is 16.9 Å². The van der Waals surface area contributed by atoms with Gasteiger partial charge in [0.1, 0.15) is 17.7 Å². The first-order valence-electron chi connectivity index (χ1n) is 12.5. The van der Waals surface area contributed by atoms with Gasteiger partial charge < -0.3 is 24.8 Å². The molecule has 214 valence electrons. The molecule has 0 aliphatic carbocycles. The lowest BCUT2D eigenvalue weighted by molar-refractivity contribution is -0.0816. The molecule has 2 amide bonds. The number of nitrogens with zero attached hydrogens (tertiary/aromatic N) is 5. The van der Waals surface area contributed by atoms with Crippen LogP contribution < -0.4 is 20.1 Å². The molecule has 1 aliphatic rings. The van der Waals surface area contributed by atoms with Gasteiger partial charge in [-0.05, 0) is 48.5 Å². The second kappa shape index (κ2) is 11.0. The van der Waals surface area contributed by atoms with Crippen molar-refractivity contribution in [1.82, 2.24) is 24.6 Å². The SMILES string of the molecule is CS(=O)(=O)c1ccc(F)cc1NC(=O)Nc1cnc(Oc2ccc(-c3cnc4ccc(OC5COC5)nn34)cc2)nc1. The fourth-order valence-corrected chi connectivity index (χ4v) is 4.83. The van der Waals surface area contributed by atoms with Crippen LogP contribution in [-0.4, -0.2) is 64.6 Å². The number of halogens is 1. The highest BCUT2D eigenvalue weighted by Gasteiger charge is 2.21. The molecule has 0 bridgehead atoms. The van der Waals surface area contributed by atoms with Crippen molar-refractivity contribution in [3.63, 3.8) is 0 Å². The molecule has 0 radical (unpaired) electrons. The molecule has 1 aliphatic heterocycles. The zero-order chi connectivity index (χ0) is 29.3. The Labute approximate surface area is 238 Å². The number of nitrogens with one attached hydrogen (secondary N) is 2. The van der Waals surface area contributed by atoms with Crippen molar-refractivity contribution < 1.29 is 31.8 Å². The van der Waals surface area contributed by atoms with Crippen molar-refractivity contribution in [3.8, 4) is 28.9 Å². The molecule has 1 saturated heterocycles. The first-order chi connectivity index (χ1) is 20.2. The molecule has 0 spiro atoms. The zero-order valence-electron chi connectivity index (χ0n) is 21.9. The molecule has 15 heteroatoms. The van der Waals surface area contributed by atoms with Crippen molar-refractivity contribution in [2.45, 2.75) is 11.0 Å². The minimum atomic E-state index is -3.70. The van der Waals surface area contributed by atoms with Crippen LogP contribution in [0.5, 0.6) is 17.6 Å². The highest BCUT2D eigenvalue weighted by atomic mass is 32.2. The third-order valence-electron chi connectivity index (χ3n) is 6.07. The zero-order valence-corrected chi connectivity index (χ0v) is 22.7. The first-order valence-corrected chi connectivity index (χ1v) is 14.4. The maximum Gasteiger partial charge on any atom is 0.323 e. The highest BCUT2D eigenvalue weighted by molar-refractivity contribution is 7.90. The molecular weight excluding hydrogens is 569 g/mol. The Morgan fingerprint density at radius 1 is 1.00 bits per heavy atom. The number of carbonyl (C=O) groups is 1. The van der Waals surface area contributed by atoms with Crippen LogP contribution in [0.1, 0.15) is 0 Å². The average molecular weight is 592 g/mol. The van der Waals surface area contributed by atoms with Gasteiger partial charge in [0.15, 0.2) is 15.5 Å². The Balaban J connectivity index is 1.09. The van der Waals surface area contributed by atoms with E-state index in [4.69, 9.17) is 14.2 Å². The number of rotatable bonds is 8. The average Bonchev–Trinajstić information content (AvgIpc) is 3.35. The van der Waals surface area contributed by atoms with E-state index in [1.54, 1.807) is 28.9 Å². The monoisotopic (exact) mass is 591 g/mol. The van der Waals surface area contributed by atoms with E-state index in [0.29, 0.717) is 30.5 Å². The molecule has 2 N–H and O–H groups in total. The van der Waals surface area contributed by atoms with Crippen molar-refractivity contribution >= 4 is 32.9 Å². The Morgan fingerprint density at radius 3 is 2.45 bits per heavy atom. The number of sulfone groups is 1. The molecule has 4 heterocycles. The number of fused-ring (bicyclic) bond motifs is 1. The van der Waals surface area contributed by atoms with Crippen LogP contribution in [0.4, 0.5) is 20.6 Å². The van der Waals surface area contributed by atoms with Crippen molar-refractivity contribution in [2.24, 2.45) is 0 Å². The van der Waals surface area contributed by atoms with Gasteiger partial charge in [-0.1, -0.05) is 0 Å². The maximum atomic E-state index is 13.6. The second-order valence-electron chi connectivity index (χ2n) is 9.23. The minimum absolute atomic E-state index is 0.00190. The molecule has 13 nitrogen and oxygen atoms in total. The van der Waals surface area contributed by atoms with Gasteiger partial charge in [0.2, 0.25) is 5.88 Å². The summed E-state index contributed by atoms with van der Waals surface area (Å²) in [4.78, 5) is 24.7. The molecule has 3 aromatic heterocycles. The summed E-state index contributed by atoms with van der Waals surface area (Å²) in [5.74, 6) is 0.243. The van der Waals surface area contributed by atoms with E-state index in [1.165, 1.54) is 12.4 Å². The van der Waals surface area contributed by atoms with E-state index in [9.17, 15) is 17.6 Å². The topological polar surface area (TPSA) is 159 Å². The number of carbonyl (C=O) groups excluding carboxylic acids is 1. The smallest absolute Gasteiger partial charge is 0.323 e. The van der Waals surface area contributed by atoms with Crippen LogP contribution in [0, 0.1) is 5.82 Å². The van der Waals surface area contributed by atoms with E-state index >= 15 is 0 Å². The Bertz CT molecular complexity index is 1880. The number of hydrogen-bond donors (Lipinski definition) is 2. The van der Waals surface area contributed by atoms with E-state index in [0.717, 1.165) is 35.7 Å². The van der Waals surface area contributed by atoms with Gasteiger partial charge in [0.05, 0.1) is 53.8 Å². The number of amides is 2. The molecule has 6 rings (SSSR count). The lowest BCUT2D eigenvalue weighted by atomic mass is 10.1. The Kier molecular flexibility index (Phi) is 7.10. The molecule has 0 saturated carbocycles. The summed E-state index contributed by atoms with van der Waals surface area (Å²) in [6, 6.07) is 13.0. The fraction of sp³-hybridized carbons (Fsp3) is 0.148. The summed E-state index contributed by atoms with van der Waals surface area (Å²) in [6.07, 6.45) is 5.28. The molecule has 2 aromatic carbocycles. The third kappa shape index (κ3) is 5.96. The Morgan fingerprint density at radius 2 is 1.76 bits per heavy atom. The second-order valence-corrected chi connectivity index (χ2v) is 11.2. The predicted molar refractivity (Wildman–Crippen MR) is 148 cm³/mol. The summed E-state index contributed by atoms with van der Waals surface area (Å²) in [7, 11) is -3.70. The minimum Gasteiger partial charge on any atom is -0.468 e. The number of aromatic nitrogens is 5. The quantitative estimate of drug-likeness (QED) is 0.253. The van der Waals surface area contributed by atoms with Crippen LogP contribution in [0.15, 0.2) is 78.1 Å². The number of hydrogen-bond acceptors (Lipinski definition) is 10. The normalized spacial score (nSPS) is 13.4. The van der Waals surface area contributed by atoms with Crippen LogP contribution >= 0.6 is 0 Å². The number of urea groups is 1. The number of anilines is 2. The molecule has 0 unspecified atom stereocenters. The number of imidazole rings is 1. The van der Waals surface area contributed by atoms with Gasteiger partial charge in [-0.15, -0.1) is 5.10 Å². The largest absolute Gasteiger partial charge is 0.468 e. The van der Waals surface area contributed by atoms with E-state index in [1.807, 2.05) is 18.2 Å². The lowest BCUT2D eigenvalue weighted by Gasteiger charge is -2.25. The van der Waals surface area contributed by atoms with Crippen molar-refractivity contribution in [2.75, 3.05) is 30.1 Å². The molecule has 0 atom stereocenters. The standard InChI is InChI=1S/C27H22FN7O6S/c1-42(37,38)23-7-4-17(28)10-21(23)33-26(36)32-18-11-30-27(31-12-18)41-19-5-2-16(3-6-19)22-13-29-24-8-9-25(34-35(22)24)40-20-14-39-15-20/h2-13,20H,14-15H2,1H3,(H2,32,33,36). The highest BCUT2D eigenvalue weighted by Crippen LogP contribution is 2.27. The summed E-state index contributed by atoms with van der Waals surface area (Å²) >= 11 is 0. The molecule has 5 aromatic rings. The van der Waals surface area contributed by atoms with Gasteiger partial charge in [-0.2, -0.15) is 0 Å². The van der Waals surface area contributed by atoms with Crippen molar-refractivity contribution in [1.29, 1.82) is 0 Å². The maximum absolute atomic E-state index is 13.6. The third-order valence-corrected chi connectivity index (χ3v) is 7.22. The van der Waals surface area contributed by atoms with E-state index in [-0.39, 0.29) is 28.4 Å².